The first-order valence-electron chi connectivity index (χ1n) is 4.53. The van der Waals surface area contributed by atoms with Gasteiger partial charge in [0.2, 0.25) is 0 Å². The van der Waals surface area contributed by atoms with E-state index < -0.39 is 0 Å². The van der Waals surface area contributed by atoms with E-state index in [1.54, 1.807) is 0 Å². The minimum absolute atomic E-state index is 0.178. The molecule has 5 heteroatoms. The zero-order valence-electron chi connectivity index (χ0n) is 7.95. The zero-order chi connectivity index (χ0) is 9.68. The number of hydrogen-bond donors (Lipinski definition) is 2. The Labute approximate surface area is 83.3 Å². The zero-order valence-corrected chi connectivity index (χ0v) is 8.77. The molecule has 0 aromatic heterocycles. The summed E-state index contributed by atoms with van der Waals surface area (Å²) in [6.45, 7) is 6.02. The summed E-state index contributed by atoms with van der Waals surface area (Å²) in [5.41, 5.74) is 5.25. The Hall–Kier alpha value is -0.260. The van der Waals surface area contributed by atoms with Crippen molar-refractivity contribution >= 4 is 16.9 Å². The lowest BCUT2D eigenvalue weighted by molar-refractivity contribution is -0.0136. The Kier molecular flexibility index (Phi) is 4.55. The summed E-state index contributed by atoms with van der Waals surface area (Å²) in [5.74, 6) is 0.797. The van der Waals surface area contributed by atoms with Crippen molar-refractivity contribution in [3.8, 4) is 0 Å². The number of hydrogen-bond acceptors (Lipinski definition) is 4. The van der Waals surface area contributed by atoms with Crippen LogP contribution in [0.4, 0.5) is 0 Å². The van der Waals surface area contributed by atoms with Crippen molar-refractivity contribution in [3.05, 3.63) is 0 Å². The van der Waals surface area contributed by atoms with Crippen molar-refractivity contribution in [2.75, 3.05) is 32.0 Å². The van der Waals surface area contributed by atoms with Gasteiger partial charge in [-0.2, -0.15) is 0 Å². The van der Waals surface area contributed by atoms with Crippen molar-refractivity contribution in [2.45, 2.75) is 13.0 Å². The lowest BCUT2D eigenvalue weighted by Crippen LogP contribution is -2.43. The van der Waals surface area contributed by atoms with Crippen LogP contribution >= 0.6 is 11.8 Å². The third-order valence-corrected chi connectivity index (χ3v) is 2.94. The molecule has 0 bridgehead atoms. The fraction of sp³-hybridized carbons (Fsp3) is 0.875. The number of likely N-dealkylation sites (N-methyl/N-ethyl adjacent to an activating group) is 1. The SMILES string of the molecule is CCN1CCOC(CSC(=N)N)C1. The highest BCUT2D eigenvalue weighted by Gasteiger charge is 2.19. The van der Waals surface area contributed by atoms with Gasteiger partial charge in [-0.3, -0.25) is 10.3 Å². The maximum Gasteiger partial charge on any atom is 0.151 e. The maximum atomic E-state index is 7.08. The summed E-state index contributed by atoms with van der Waals surface area (Å²) < 4.78 is 5.55. The van der Waals surface area contributed by atoms with Crippen molar-refractivity contribution < 1.29 is 4.74 Å². The molecule has 1 rings (SSSR count). The fourth-order valence-corrected chi connectivity index (χ4v) is 1.92. The van der Waals surface area contributed by atoms with E-state index in [9.17, 15) is 0 Å². The molecule has 1 aliphatic heterocycles. The molecule has 1 unspecified atom stereocenters. The van der Waals surface area contributed by atoms with Crippen LogP contribution in [0.5, 0.6) is 0 Å². The molecule has 1 heterocycles. The molecule has 0 amide bonds. The van der Waals surface area contributed by atoms with Gasteiger partial charge < -0.3 is 10.5 Å². The van der Waals surface area contributed by atoms with E-state index in [-0.39, 0.29) is 11.3 Å². The summed E-state index contributed by atoms with van der Waals surface area (Å²) in [5, 5.41) is 7.26. The van der Waals surface area contributed by atoms with E-state index in [4.69, 9.17) is 15.9 Å². The van der Waals surface area contributed by atoms with Gasteiger partial charge in [0, 0.05) is 18.8 Å². The minimum Gasteiger partial charge on any atom is -0.379 e. The normalized spacial score (nSPS) is 24.5. The summed E-state index contributed by atoms with van der Waals surface area (Å²) in [4.78, 5) is 2.36. The van der Waals surface area contributed by atoms with Gasteiger partial charge in [-0.25, -0.2) is 0 Å². The van der Waals surface area contributed by atoms with E-state index in [1.807, 2.05) is 0 Å². The predicted octanol–water partition coefficient (Wildman–Crippen LogP) is 0.334. The highest BCUT2D eigenvalue weighted by molar-refractivity contribution is 8.13. The van der Waals surface area contributed by atoms with Crippen LogP contribution in [0, 0.1) is 5.41 Å². The Balaban J connectivity index is 2.21. The van der Waals surface area contributed by atoms with Gasteiger partial charge in [-0.05, 0) is 6.54 Å². The number of ether oxygens (including phenoxy) is 1. The topological polar surface area (TPSA) is 62.3 Å². The molecule has 4 nitrogen and oxygen atoms in total. The van der Waals surface area contributed by atoms with Gasteiger partial charge in [0.05, 0.1) is 12.7 Å². The Morgan fingerprint density at radius 3 is 3.15 bits per heavy atom. The smallest absolute Gasteiger partial charge is 0.151 e. The fourth-order valence-electron chi connectivity index (χ4n) is 1.35. The minimum atomic E-state index is 0.178. The molecule has 1 aliphatic rings. The molecular formula is C8H17N3OS. The number of rotatable bonds is 3. The van der Waals surface area contributed by atoms with Crippen LogP contribution in [0.3, 0.4) is 0 Å². The molecule has 0 radical (unpaired) electrons. The van der Waals surface area contributed by atoms with E-state index in [0.717, 1.165) is 32.0 Å². The van der Waals surface area contributed by atoms with E-state index in [1.165, 1.54) is 11.8 Å². The van der Waals surface area contributed by atoms with Crippen LogP contribution < -0.4 is 5.73 Å². The number of nitrogens with one attached hydrogen (secondary N) is 1. The Morgan fingerprint density at radius 2 is 2.54 bits per heavy atom. The van der Waals surface area contributed by atoms with Crippen LogP contribution in [0.25, 0.3) is 0 Å². The van der Waals surface area contributed by atoms with Crippen LogP contribution in [-0.4, -0.2) is 48.2 Å². The predicted molar refractivity (Wildman–Crippen MR) is 56.2 cm³/mol. The van der Waals surface area contributed by atoms with Crippen molar-refractivity contribution in [3.63, 3.8) is 0 Å². The Bertz CT molecular complexity index is 177. The first-order chi connectivity index (χ1) is 6.22. The summed E-state index contributed by atoms with van der Waals surface area (Å²) in [7, 11) is 0. The highest BCUT2D eigenvalue weighted by atomic mass is 32.2. The van der Waals surface area contributed by atoms with Crippen LogP contribution in [0.1, 0.15) is 6.92 Å². The van der Waals surface area contributed by atoms with Crippen molar-refractivity contribution in [2.24, 2.45) is 5.73 Å². The van der Waals surface area contributed by atoms with Gasteiger partial charge in [-0.15, -0.1) is 0 Å². The molecule has 1 fully saturated rings. The average Bonchev–Trinajstić information content (AvgIpc) is 2.15. The highest BCUT2D eigenvalue weighted by Crippen LogP contribution is 2.10. The molecule has 0 aromatic carbocycles. The Morgan fingerprint density at radius 1 is 1.77 bits per heavy atom. The third kappa shape index (κ3) is 3.97. The molecule has 0 aromatic rings. The number of morpholine rings is 1. The van der Waals surface area contributed by atoms with Gasteiger partial charge in [0.1, 0.15) is 0 Å². The molecule has 76 valence electrons. The number of nitrogens with two attached hydrogens (primary N) is 1. The first-order valence-corrected chi connectivity index (χ1v) is 5.51. The largest absolute Gasteiger partial charge is 0.379 e. The van der Waals surface area contributed by atoms with Crippen molar-refractivity contribution in [1.29, 1.82) is 5.41 Å². The maximum absolute atomic E-state index is 7.08. The second kappa shape index (κ2) is 5.47. The van der Waals surface area contributed by atoms with E-state index in [0.29, 0.717) is 0 Å². The van der Waals surface area contributed by atoms with Crippen LogP contribution in [-0.2, 0) is 4.74 Å². The van der Waals surface area contributed by atoms with Crippen LogP contribution in [0.15, 0.2) is 0 Å². The standard InChI is InChI=1S/C8H17N3OS/c1-2-11-3-4-12-7(5-11)6-13-8(9)10/h7H,2-6H2,1H3,(H3,9,10). The average molecular weight is 203 g/mol. The molecule has 0 saturated carbocycles. The van der Waals surface area contributed by atoms with Gasteiger partial charge in [0.25, 0.3) is 0 Å². The second-order valence-electron chi connectivity index (χ2n) is 3.06. The van der Waals surface area contributed by atoms with E-state index in [2.05, 4.69) is 11.8 Å². The quantitative estimate of drug-likeness (QED) is 0.513. The third-order valence-electron chi connectivity index (χ3n) is 2.09. The molecule has 1 saturated heterocycles. The van der Waals surface area contributed by atoms with Crippen molar-refractivity contribution in [1.82, 2.24) is 4.90 Å². The summed E-state index contributed by atoms with van der Waals surface area (Å²) in [6.07, 6.45) is 0.239. The summed E-state index contributed by atoms with van der Waals surface area (Å²) in [6, 6.07) is 0. The molecule has 3 N–H and O–H groups in total. The molecule has 1 atom stereocenters. The monoisotopic (exact) mass is 203 g/mol. The van der Waals surface area contributed by atoms with Gasteiger partial charge >= 0.3 is 0 Å². The lowest BCUT2D eigenvalue weighted by Gasteiger charge is -2.31. The molecule has 13 heavy (non-hydrogen) atoms. The number of thioether (sulfide) groups is 1. The number of amidine groups is 1. The lowest BCUT2D eigenvalue weighted by atomic mass is 10.3. The molecule has 0 spiro atoms. The van der Waals surface area contributed by atoms with Gasteiger partial charge in [0.15, 0.2) is 5.17 Å². The van der Waals surface area contributed by atoms with Gasteiger partial charge in [-0.1, -0.05) is 18.7 Å². The number of nitrogens with zero attached hydrogens (tertiary/aromatic N) is 1. The second-order valence-corrected chi connectivity index (χ2v) is 4.12. The van der Waals surface area contributed by atoms with Crippen LogP contribution in [0.2, 0.25) is 0 Å². The first kappa shape index (κ1) is 10.8. The molecule has 0 aliphatic carbocycles. The molecular weight excluding hydrogens is 186 g/mol. The summed E-state index contributed by atoms with van der Waals surface area (Å²) >= 11 is 1.36. The van der Waals surface area contributed by atoms with E-state index >= 15 is 0 Å².